The summed E-state index contributed by atoms with van der Waals surface area (Å²) in [6.45, 7) is 3.55. The van der Waals surface area contributed by atoms with Crippen molar-refractivity contribution in [1.82, 2.24) is 9.88 Å². The third-order valence-corrected chi connectivity index (χ3v) is 7.73. The van der Waals surface area contributed by atoms with Gasteiger partial charge in [0.15, 0.2) is 5.13 Å². The van der Waals surface area contributed by atoms with Crippen molar-refractivity contribution in [3.63, 3.8) is 0 Å². The molecule has 0 spiro atoms. The number of benzene rings is 2. The molecule has 34 heavy (non-hydrogen) atoms. The summed E-state index contributed by atoms with van der Waals surface area (Å²) >= 11 is 7.23. The molecule has 2 aliphatic rings. The molecule has 2 fully saturated rings. The lowest BCUT2D eigenvalue weighted by Gasteiger charge is -2.38. The van der Waals surface area contributed by atoms with Crippen LogP contribution in [0.5, 0.6) is 0 Å². The molecule has 0 radical (unpaired) electrons. The van der Waals surface area contributed by atoms with Crippen LogP contribution in [0.1, 0.15) is 41.6 Å². The van der Waals surface area contributed by atoms with Crippen LogP contribution in [-0.2, 0) is 6.18 Å². The smallest absolute Gasteiger partial charge is 0.371 e. The fourth-order valence-corrected chi connectivity index (χ4v) is 5.94. The maximum Gasteiger partial charge on any atom is 0.416 e. The first-order valence-corrected chi connectivity index (χ1v) is 12.5. The molecule has 0 saturated carbocycles. The van der Waals surface area contributed by atoms with Crippen LogP contribution in [0.25, 0.3) is 10.2 Å². The van der Waals surface area contributed by atoms with Gasteiger partial charge in [-0.2, -0.15) is 13.2 Å². The monoisotopic (exact) mass is 508 g/mol. The number of carbonyl (C=O) groups excluding carboxylic acids is 1. The fraction of sp³-hybridized carbons (Fsp3) is 0.417. The summed E-state index contributed by atoms with van der Waals surface area (Å²) in [5.41, 5.74) is 0.225. The van der Waals surface area contributed by atoms with E-state index in [4.69, 9.17) is 11.6 Å². The molecular formula is C24H24ClF3N4OS. The van der Waals surface area contributed by atoms with Crippen LogP contribution >= 0.6 is 22.9 Å². The first kappa shape index (κ1) is 23.4. The Morgan fingerprint density at radius 2 is 1.79 bits per heavy atom. The molecule has 3 aromatic rings. The summed E-state index contributed by atoms with van der Waals surface area (Å²) in [6.07, 6.45) is -0.300. The van der Waals surface area contributed by atoms with Crippen molar-refractivity contribution < 1.29 is 18.0 Å². The number of rotatable bonds is 4. The Morgan fingerprint density at radius 3 is 2.50 bits per heavy atom. The number of alkyl halides is 3. The van der Waals surface area contributed by atoms with E-state index in [9.17, 15) is 18.0 Å². The molecule has 1 amide bonds. The second-order valence-corrected chi connectivity index (χ2v) is 10.3. The Hall–Kier alpha value is -2.36. The topological polar surface area (TPSA) is 48.5 Å². The molecule has 5 rings (SSSR count). The van der Waals surface area contributed by atoms with Gasteiger partial charge in [-0.05, 0) is 75.2 Å². The second-order valence-electron chi connectivity index (χ2n) is 8.81. The minimum Gasteiger partial charge on any atom is -0.371 e. The van der Waals surface area contributed by atoms with Gasteiger partial charge in [-0.1, -0.05) is 22.9 Å². The van der Waals surface area contributed by atoms with Crippen LogP contribution in [0.2, 0.25) is 5.02 Å². The van der Waals surface area contributed by atoms with Crippen LogP contribution in [-0.4, -0.2) is 48.0 Å². The zero-order valence-electron chi connectivity index (χ0n) is 18.4. The number of piperidine rings is 1. The van der Waals surface area contributed by atoms with Gasteiger partial charge in [0, 0.05) is 35.4 Å². The molecule has 0 bridgehead atoms. The van der Waals surface area contributed by atoms with Crippen molar-refractivity contribution in [3.8, 4) is 0 Å². The highest BCUT2D eigenvalue weighted by Crippen LogP contribution is 2.35. The van der Waals surface area contributed by atoms with Crippen molar-refractivity contribution in [2.45, 2.75) is 37.9 Å². The first-order chi connectivity index (χ1) is 16.3. The van der Waals surface area contributed by atoms with Crippen LogP contribution in [0, 0.1) is 0 Å². The highest BCUT2D eigenvalue weighted by Gasteiger charge is 2.33. The number of hydrogen-bond acceptors (Lipinski definition) is 5. The molecule has 2 saturated heterocycles. The Morgan fingerprint density at radius 1 is 1.06 bits per heavy atom. The molecule has 10 heteroatoms. The van der Waals surface area contributed by atoms with E-state index < -0.39 is 17.6 Å². The lowest BCUT2D eigenvalue weighted by Crippen LogP contribution is -2.44. The zero-order valence-corrected chi connectivity index (χ0v) is 19.9. The number of anilines is 2. The van der Waals surface area contributed by atoms with E-state index in [0.29, 0.717) is 40.5 Å². The zero-order chi connectivity index (χ0) is 23.9. The average Bonchev–Trinajstić information content (AvgIpc) is 3.48. The van der Waals surface area contributed by atoms with Crippen LogP contribution in [0.4, 0.5) is 24.0 Å². The van der Waals surface area contributed by atoms with Crippen molar-refractivity contribution in [2.24, 2.45) is 0 Å². The predicted octanol–water partition coefficient (Wildman–Crippen LogP) is 6.29. The molecule has 3 heterocycles. The Labute approximate surface area is 204 Å². The number of fused-ring (bicyclic) bond motifs is 1. The summed E-state index contributed by atoms with van der Waals surface area (Å²) in [5, 5.41) is 3.51. The highest BCUT2D eigenvalue weighted by molar-refractivity contribution is 7.22. The summed E-state index contributed by atoms with van der Waals surface area (Å²) in [4.78, 5) is 21.7. The van der Waals surface area contributed by atoms with E-state index in [1.54, 1.807) is 24.3 Å². The maximum absolute atomic E-state index is 13.7. The van der Waals surface area contributed by atoms with E-state index in [2.05, 4.69) is 15.2 Å². The number of nitrogens with zero attached hydrogens (tertiary/aromatic N) is 3. The van der Waals surface area contributed by atoms with E-state index >= 15 is 0 Å². The van der Waals surface area contributed by atoms with Gasteiger partial charge in [0.2, 0.25) is 0 Å². The molecule has 0 atom stereocenters. The number of amides is 1. The largest absolute Gasteiger partial charge is 0.416 e. The second kappa shape index (κ2) is 9.36. The third kappa shape index (κ3) is 5.01. The van der Waals surface area contributed by atoms with Crippen molar-refractivity contribution >= 4 is 49.9 Å². The van der Waals surface area contributed by atoms with Gasteiger partial charge in [0.25, 0.3) is 5.91 Å². The highest BCUT2D eigenvalue weighted by atomic mass is 35.5. The molecule has 1 N–H and O–H groups in total. The summed E-state index contributed by atoms with van der Waals surface area (Å²) in [6, 6.07) is 9.25. The first-order valence-electron chi connectivity index (χ1n) is 11.3. The number of hydrogen-bond donors (Lipinski definition) is 1. The van der Waals surface area contributed by atoms with Crippen molar-refractivity contribution in [1.29, 1.82) is 0 Å². The standard InChI is InChI=1S/C24H24ClF3N4OS/c25-17-3-4-20-21(14-17)34-23(29-20)30-22(33)15-11-16(24(26,27)28)13-19(12-15)32-9-5-18(6-10-32)31-7-1-2-8-31/h3-4,11-14,18H,1-2,5-10H2,(H,29,30,33). The molecular weight excluding hydrogens is 485 g/mol. The quantitative estimate of drug-likeness (QED) is 0.450. The Balaban J connectivity index is 1.37. The SMILES string of the molecule is O=C(Nc1nc2ccc(Cl)cc2s1)c1cc(N2CCC(N3CCCC3)CC2)cc(C(F)(F)F)c1. The molecule has 0 aliphatic carbocycles. The predicted molar refractivity (Wildman–Crippen MR) is 130 cm³/mol. The van der Waals surface area contributed by atoms with E-state index in [-0.39, 0.29) is 5.56 Å². The number of carbonyl (C=O) groups is 1. The van der Waals surface area contributed by atoms with Gasteiger partial charge in [0.05, 0.1) is 15.8 Å². The van der Waals surface area contributed by atoms with Gasteiger partial charge >= 0.3 is 6.18 Å². The van der Waals surface area contributed by atoms with E-state index in [1.165, 1.54) is 24.2 Å². The number of nitrogens with one attached hydrogen (secondary N) is 1. The molecule has 2 aliphatic heterocycles. The van der Waals surface area contributed by atoms with E-state index in [0.717, 1.165) is 42.8 Å². The average molecular weight is 509 g/mol. The van der Waals surface area contributed by atoms with Gasteiger partial charge < -0.3 is 9.80 Å². The minimum atomic E-state index is -4.55. The van der Waals surface area contributed by atoms with Crippen LogP contribution < -0.4 is 10.2 Å². The summed E-state index contributed by atoms with van der Waals surface area (Å²) in [5.74, 6) is -0.621. The van der Waals surface area contributed by atoms with Gasteiger partial charge in [-0.25, -0.2) is 4.98 Å². The lowest BCUT2D eigenvalue weighted by atomic mass is 10.0. The van der Waals surface area contributed by atoms with Gasteiger partial charge in [0.1, 0.15) is 0 Å². The third-order valence-electron chi connectivity index (χ3n) is 6.56. The molecule has 2 aromatic carbocycles. The number of halogens is 4. The van der Waals surface area contributed by atoms with Crippen LogP contribution in [0.3, 0.4) is 0 Å². The van der Waals surface area contributed by atoms with E-state index in [1.807, 2.05) is 4.90 Å². The normalized spacial score (nSPS) is 18.1. The fourth-order valence-electron chi connectivity index (χ4n) is 4.81. The summed E-state index contributed by atoms with van der Waals surface area (Å²) < 4.78 is 41.8. The molecule has 1 aromatic heterocycles. The van der Waals surface area contributed by atoms with Crippen LogP contribution in [0.15, 0.2) is 36.4 Å². The number of thiazole rings is 1. The number of aromatic nitrogens is 1. The molecule has 180 valence electrons. The molecule has 0 unspecified atom stereocenters. The number of likely N-dealkylation sites (tertiary alicyclic amines) is 1. The lowest BCUT2D eigenvalue weighted by molar-refractivity contribution is -0.137. The van der Waals surface area contributed by atoms with Crippen molar-refractivity contribution in [2.75, 3.05) is 36.4 Å². The van der Waals surface area contributed by atoms with Crippen molar-refractivity contribution in [3.05, 3.63) is 52.5 Å². The van der Waals surface area contributed by atoms with Gasteiger partial charge in [-0.3, -0.25) is 10.1 Å². The Kier molecular flexibility index (Phi) is 6.43. The Bertz CT molecular complexity index is 1200. The molecule has 5 nitrogen and oxygen atoms in total. The minimum absolute atomic E-state index is 0.0382. The maximum atomic E-state index is 13.7. The summed E-state index contributed by atoms with van der Waals surface area (Å²) in [7, 11) is 0. The van der Waals surface area contributed by atoms with Gasteiger partial charge in [-0.15, -0.1) is 0 Å².